The van der Waals surface area contributed by atoms with Gasteiger partial charge in [-0.3, -0.25) is 0 Å². The molecule has 0 spiro atoms. The Morgan fingerprint density at radius 3 is 3.20 bits per heavy atom. The Morgan fingerprint density at radius 2 is 2.40 bits per heavy atom. The highest BCUT2D eigenvalue weighted by Crippen LogP contribution is 2.20. The van der Waals surface area contributed by atoms with Crippen LogP contribution in [0.15, 0.2) is 12.2 Å². The van der Waals surface area contributed by atoms with Crippen molar-refractivity contribution >= 4 is 0 Å². The molecule has 0 amide bonds. The second-order valence-electron chi connectivity index (χ2n) is 3.12. The molecule has 0 nitrogen and oxygen atoms in total. The minimum atomic E-state index is 0.854. The first kappa shape index (κ1) is 7.84. The summed E-state index contributed by atoms with van der Waals surface area (Å²) in [7, 11) is 0. The van der Waals surface area contributed by atoms with Gasteiger partial charge in [0.15, 0.2) is 0 Å². The Morgan fingerprint density at radius 1 is 1.50 bits per heavy atom. The van der Waals surface area contributed by atoms with E-state index in [1.807, 2.05) is 0 Å². The molecule has 0 aromatic rings. The molecule has 0 aliphatic heterocycles. The van der Waals surface area contributed by atoms with Gasteiger partial charge in [0.05, 0.1) is 0 Å². The van der Waals surface area contributed by atoms with Crippen LogP contribution in [0.4, 0.5) is 0 Å². The zero-order chi connectivity index (χ0) is 7.23. The van der Waals surface area contributed by atoms with Gasteiger partial charge in [0, 0.05) is 0 Å². The zero-order valence-electron chi connectivity index (χ0n) is 6.84. The Balaban J connectivity index is 2.27. The van der Waals surface area contributed by atoms with Gasteiger partial charge in [-0.15, -0.1) is 0 Å². The molecule has 0 saturated heterocycles. The molecule has 0 saturated carbocycles. The Kier molecular flexibility index (Phi) is 3.56. The lowest BCUT2D eigenvalue weighted by atomic mass is 9.99. The van der Waals surface area contributed by atoms with Crippen LogP contribution in [0.5, 0.6) is 0 Å². The van der Waals surface area contributed by atoms with E-state index in [0.29, 0.717) is 0 Å². The van der Waals surface area contributed by atoms with E-state index >= 15 is 0 Å². The fraction of sp³-hybridized carbons (Fsp3) is 0.700. The maximum atomic E-state index is 2.40. The van der Waals surface area contributed by atoms with Gasteiger partial charge in [0.25, 0.3) is 0 Å². The molecule has 1 aliphatic rings. The van der Waals surface area contributed by atoms with Crippen molar-refractivity contribution in [2.24, 2.45) is 5.92 Å². The first-order chi connectivity index (χ1) is 4.93. The predicted molar refractivity (Wildman–Crippen MR) is 45.7 cm³/mol. The molecule has 1 radical (unpaired) electrons. The molecule has 0 heteroatoms. The van der Waals surface area contributed by atoms with E-state index in [1.165, 1.54) is 32.1 Å². The van der Waals surface area contributed by atoms with E-state index in [-0.39, 0.29) is 0 Å². The van der Waals surface area contributed by atoms with E-state index in [4.69, 9.17) is 0 Å². The smallest absolute Gasteiger partial charge is 0.0231 e. The lowest BCUT2D eigenvalue weighted by Crippen LogP contribution is -1.93. The summed E-state index contributed by atoms with van der Waals surface area (Å²) < 4.78 is 0. The fourth-order valence-corrected chi connectivity index (χ4v) is 1.55. The van der Waals surface area contributed by atoms with Crippen molar-refractivity contribution in [2.75, 3.05) is 0 Å². The topological polar surface area (TPSA) is 0 Å². The minimum absolute atomic E-state index is 0.854. The second-order valence-corrected chi connectivity index (χ2v) is 3.12. The van der Waals surface area contributed by atoms with Crippen LogP contribution in [0.3, 0.4) is 0 Å². The van der Waals surface area contributed by atoms with E-state index < -0.39 is 0 Å². The number of hydrogen-bond donors (Lipinski definition) is 0. The van der Waals surface area contributed by atoms with Gasteiger partial charge < -0.3 is 0 Å². The Labute approximate surface area is 64.3 Å². The summed E-state index contributed by atoms with van der Waals surface area (Å²) in [6, 6.07) is 0. The molecule has 10 heavy (non-hydrogen) atoms. The van der Waals surface area contributed by atoms with Gasteiger partial charge in [0.1, 0.15) is 0 Å². The Bertz CT molecular complexity index is 103. The molecular weight excluding hydrogens is 120 g/mol. The normalized spacial score (nSPS) is 26.3. The van der Waals surface area contributed by atoms with Crippen molar-refractivity contribution < 1.29 is 0 Å². The van der Waals surface area contributed by atoms with Gasteiger partial charge in [-0.25, -0.2) is 0 Å². The molecule has 1 aliphatic carbocycles. The van der Waals surface area contributed by atoms with Crippen molar-refractivity contribution in [3.63, 3.8) is 0 Å². The van der Waals surface area contributed by atoms with Gasteiger partial charge in [-0.05, 0) is 38.0 Å². The van der Waals surface area contributed by atoms with E-state index in [2.05, 4.69) is 25.5 Å². The lowest BCUT2D eigenvalue weighted by molar-refractivity contribution is 0.555. The van der Waals surface area contributed by atoms with Crippen LogP contribution in [0.25, 0.3) is 0 Å². The predicted octanol–water partition coefficient (Wildman–Crippen LogP) is 3.35. The van der Waals surface area contributed by atoms with Crippen LogP contribution in [0.2, 0.25) is 0 Å². The van der Waals surface area contributed by atoms with Crippen molar-refractivity contribution in [3.05, 3.63) is 18.6 Å². The third-order valence-corrected chi connectivity index (χ3v) is 2.14. The molecule has 57 valence electrons. The molecule has 0 heterocycles. The molecule has 1 atom stereocenters. The van der Waals surface area contributed by atoms with Crippen LogP contribution in [0.1, 0.15) is 39.0 Å². The van der Waals surface area contributed by atoms with Crippen LogP contribution < -0.4 is 0 Å². The molecule has 0 aromatic carbocycles. The van der Waals surface area contributed by atoms with Crippen molar-refractivity contribution in [2.45, 2.75) is 39.0 Å². The third kappa shape index (κ3) is 2.55. The van der Waals surface area contributed by atoms with Crippen molar-refractivity contribution in [1.29, 1.82) is 0 Å². The van der Waals surface area contributed by atoms with Crippen LogP contribution >= 0.6 is 0 Å². The van der Waals surface area contributed by atoms with Gasteiger partial charge in [-0.1, -0.05) is 25.5 Å². The SMILES string of the molecule is C[CH]CC1C=CCCCC1. The summed E-state index contributed by atoms with van der Waals surface area (Å²) in [5.74, 6) is 0.854. The maximum absolute atomic E-state index is 2.40. The van der Waals surface area contributed by atoms with Gasteiger partial charge in [-0.2, -0.15) is 0 Å². The van der Waals surface area contributed by atoms with Gasteiger partial charge >= 0.3 is 0 Å². The molecule has 0 fully saturated rings. The van der Waals surface area contributed by atoms with E-state index in [9.17, 15) is 0 Å². The second kappa shape index (κ2) is 4.54. The first-order valence-electron chi connectivity index (χ1n) is 4.38. The molecule has 0 aromatic heterocycles. The highest BCUT2D eigenvalue weighted by molar-refractivity contribution is 4.92. The summed E-state index contributed by atoms with van der Waals surface area (Å²) >= 11 is 0. The molecule has 1 unspecified atom stereocenters. The zero-order valence-corrected chi connectivity index (χ0v) is 6.84. The highest BCUT2D eigenvalue weighted by atomic mass is 14.1. The summed E-state index contributed by atoms with van der Waals surface area (Å²) in [5, 5.41) is 0. The fourth-order valence-electron chi connectivity index (χ4n) is 1.55. The van der Waals surface area contributed by atoms with Crippen LogP contribution in [-0.2, 0) is 0 Å². The summed E-state index contributed by atoms with van der Waals surface area (Å²) in [6.07, 6.45) is 13.8. The van der Waals surface area contributed by atoms with E-state index in [0.717, 1.165) is 5.92 Å². The monoisotopic (exact) mass is 137 g/mol. The van der Waals surface area contributed by atoms with Crippen LogP contribution in [-0.4, -0.2) is 0 Å². The molecule has 1 rings (SSSR count). The van der Waals surface area contributed by atoms with Gasteiger partial charge in [0.2, 0.25) is 0 Å². The van der Waals surface area contributed by atoms with Crippen molar-refractivity contribution in [3.8, 4) is 0 Å². The number of hydrogen-bond acceptors (Lipinski definition) is 0. The summed E-state index contributed by atoms with van der Waals surface area (Å²) in [5.41, 5.74) is 0. The van der Waals surface area contributed by atoms with Crippen LogP contribution in [0, 0.1) is 12.3 Å². The first-order valence-corrected chi connectivity index (χ1v) is 4.38. The number of allylic oxidation sites excluding steroid dienone is 2. The van der Waals surface area contributed by atoms with E-state index in [1.54, 1.807) is 0 Å². The van der Waals surface area contributed by atoms with Crippen molar-refractivity contribution in [1.82, 2.24) is 0 Å². The Hall–Kier alpha value is -0.260. The average Bonchev–Trinajstić information content (AvgIpc) is 2.17. The summed E-state index contributed by atoms with van der Waals surface area (Å²) in [6.45, 7) is 2.15. The number of rotatable bonds is 2. The lowest BCUT2D eigenvalue weighted by Gasteiger charge is -2.07. The summed E-state index contributed by atoms with van der Waals surface area (Å²) in [4.78, 5) is 0. The minimum Gasteiger partial charge on any atom is -0.0883 e. The maximum Gasteiger partial charge on any atom is -0.0231 e. The highest BCUT2D eigenvalue weighted by Gasteiger charge is 2.04. The molecule has 0 N–H and O–H groups in total. The third-order valence-electron chi connectivity index (χ3n) is 2.14. The average molecular weight is 137 g/mol. The quantitative estimate of drug-likeness (QED) is 0.512. The molecule has 0 bridgehead atoms. The largest absolute Gasteiger partial charge is 0.0883 e. The standard InChI is InChI=1S/C10H17/c1-2-7-10-8-5-3-4-6-9-10/h2,5,8,10H,3-4,6-7,9H2,1H3. The molecular formula is C10H17.